The Bertz CT molecular complexity index is 389. The Morgan fingerprint density at radius 2 is 2.17 bits per heavy atom. The molecule has 2 aromatic heterocycles. The predicted octanol–water partition coefficient (Wildman–Crippen LogP) is 1.85. The normalized spacial score (nSPS) is 11.2. The summed E-state index contributed by atoms with van der Waals surface area (Å²) in [7, 11) is 0. The van der Waals surface area contributed by atoms with Gasteiger partial charge in [-0.05, 0) is 5.92 Å². The summed E-state index contributed by atoms with van der Waals surface area (Å²) < 4.78 is 2.07. The van der Waals surface area contributed by atoms with Crippen LogP contribution >= 0.6 is 0 Å². The van der Waals surface area contributed by atoms with E-state index in [1.54, 1.807) is 12.4 Å². The lowest BCUT2D eigenvalue weighted by Crippen LogP contribution is -1.98. The summed E-state index contributed by atoms with van der Waals surface area (Å²) in [6.07, 6.45) is 7.42. The van der Waals surface area contributed by atoms with Gasteiger partial charge in [0.05, 0.1) is 6.20 Å². The number of nitrogens with zero attached hydrogens (tertiary/aromatic N) is 3. The van der Waals surface area contributed by atoms with Crippen molar-refractivity contribution in [2.45, 2.75) is 19.8 Å². The number of aromatic nitrogens is 3. The van der Waals surface area contributed by atoms with Crippen LogP contribution in [0.1, 0.15) is 25.5 Å². The molecule has 0 bridgehead atoms. The van der Waals surface area contributed by atoms with E-state index >= 15 is 0 Å². The lowest BCUT2D eigenvalue weighted by molar-refractivity contribution is 0.791. The van der Waals surface area contributed by atoms with Crippen LogP contribution in [-0.2, 0) is 0 Å². The van der Waals surface area contributed by atoms with E-state index in [1.807, 2.05) is 12.4 Å². The molecule has 12 heavy (non-hydrogen) atoms. The molecule has 2 aromatic rings. The van der Waals surface area contributed by atoms with Gasteiger partial charge in [0.2, 0.25) is 0 Å². The van der Waals surface area contributed by atoms with Crippen LogP contribution in [0.3, 0.4) is 0 Å². The quantitative estimate of drug-likeness (QED) is 0.639. The largest absolute Gasteiger partial charge is 0.301 e. The molecule has 0 spiro atoms. The van der Waals surface area contributed by atoms with Crippen molar-refractivity contribution in [2.24, 2.45) is 0 Å². The van der Waals surface area contributed by atoms with E-state index in [-0.39, 0.29) is 0 Å². The van der Waals surface area contributed by atoms with Crippen molar-refractivity contribution in [3.05, 3.63) is 30.5 Å². The minimum atomic E-state index is 0.482. The molecule has 0 radical (unpaired) electrons. The van der Waals surface area contributed by atoms with Gasteiger partial charge < -0.3 is 4.40 Å². The molecule has 3 nitrogen and oxygen atoms in total. The van der Waals surface area contributed by atoms with Crippen LogP contribution in [0, 0.1) is 0 Å². The second-order valence-electron chi connectivity index (χ2n) is 3.14. The van der Waals surface area contributed by atoms with Crippen LogP contribution in [0.5, 0.6) is 0 Å². The van der Waals surface area contributed by atoms with Crippen LogP contribution in [0.15, 0.2) is 24.8 Å². The van der Waals surface area contributed by atoms with E-state index in [4.69, 9.17) is 0 Å². The zero-order valence-corrected chi connectivity index (χ0v) is 7.23. The standard InChI is InChI=1S/C9H11N3/c1-7(2)8-5-10-6-9-11-3-4-12(8)9/h3-7H,1-2H3. The molecule has 0 aromatic carbocycles. The van der Waals surface area contributed by atoms with Gasteiger partial charge >= 0.3 is 0 Å². The highest BCUT2D eigenvalue weighted by atomic mass is 15.0. The van der Waals surface area contributed by atoms with Gasteiger partial charge in [-0.1, -0.05) is 13.8 Å². The summed E-state index contributed by atoms with van der Waals surface area (Å²) in [6, 6.07) is 0. The van der Waals surface area contributed by atoms with Crippen LogP contribution < -0.4 is 0 Å². The summed E-state index contributed by atoms with van der Waals surface area (Å²) in [4.78, 5) is 8.29. The second-order valence-corrected chi connectivity index (χ2v) is 3.14. The maximum atomic E-state index is 4.16. The summed E-state index contributed by atoms with van der Waals surface area (Å²) in [5, 5.41) is 0. The first-order chi connectivity index (χ1) is 5.79. The highest BCUT2D eigenvalue weighted by molar-refractivity contribution is 5.36. The Balaban J connectivity index is 2.73. The maximum absolute atomic E-state index is 4.16. The van der Waals surface area contributed by atoms with E-state index in [0.717, 1.165) is 5.65 Å². The van der Waals surface area contributed by atoms with E-state index in [0.29, 0.717) is 5.92 Å². The highest BCUT2D eigenvalue weighted by Gasteiger charge is 2.03. The zero-order chi connectivity index (χ0) is 8.55. The van der Waals surface area contributed by atoms with Crippen LogP contribution in [0.25, 0.3) is 5.65 Å². The fraction of sp³-hybridized carbons (Fsp3) is 0.333. The Morgan fingerprint density at radius 1 is 1.33 bits per heavy atom. The first kappa shape index (κ1) is 7.28. The molecule has 0 amide bonds. The molecule has 0 saturated carbocycles. The van der Waals surface area contributed by atoms with Crippen molar-refractivity contribution in [1.29, 1.82) is 0 Å². The fourth-order valence-corrected chi connectivity index (χ4v) is 1.30. The first-order valence-corrected chi connectivity index (χ1v) is 4.06. The third kappa shape index (κ3) is 0.978. The number of imidazole rings is 1. The second kappa shape index (κ2) is 2.59. The molecule has 0 unspecified atom stereocenters. The predicted molar refractivity (Wildman–Crippen MR) is 47.1 cm³/mol. The van der Waals surface area contributed by atoms with Gasteiger partial charge in [-0.25, -0.2) is 4.98 Å². The lowest BCUT2D eigenvalue weighted by atomic mass is 10.1. The fourth-order valence-electron chi connectivity index (χ4n) is 1.30. The maximum Gasteiger partial charge on any atom is 0.155 e. The molecule has 0 N–H and O–H groups in total. The molecule has 3 heteroatoms. The number of fused-ring (bicyclic) bond motifs is 1. The van der Waals surface area contributed by atoms with E-state index in [2.05, 4.69) is 28.2 Å². The Hall–Kier alpha value is -1.38. The van der Waals surface area contributed by atoms with E-state index in [1.165, 1.54) is 5.69 Å². The molecule has 0 atom stereocenters. The number of hydrogen-bond acceptors (Lipinski definition) is 2. The SMILES string of the molecule is CC(C)c1cncc2nccn12. The minimum absolute atomic E-state index is 0.482. The smallest absolute Gasteiger partial charge is 0.155 e. The van der Waals surface area contributed by atoms with Crippen molar-refractivity contribution >= 4 is 5.65 Å². The zero-order valence-electron chi connectivity index (χ0n) is 7.23. The van der Waals surface area contributed by atoms with Crippen LogP contribution in [0.4, 0.5) is 0 Å². The first-order valence-electron chi connectivity index (χ1n) is 4.06. The summed E-state index contributed by atoms with van der Waals surface area (Å²) in [6.45, 7) is 4.30. The molecule has 2 rings (SSSR count). The average molecular weight is 161 g/mol. The monoisotopic (exact) mass is 161 g/mol. The summed E-state index contributed by atoms with van der Waals surface area (Å²) in [5.41, 5.74) is 2.12. The molecule has 0 aliphatic carbocycles. The van der Waals surface area contributed by atoms with Gasteiger partial charge in [0, 0.05) is 24.3 Å². The minimum Gasteiger partial charge on any atom is -0.301 e. The molecule has 0 fully saturated rings. The van der Waals surface area contributed by atoms with E-state index in [9.17, 15) is 0 Å². The van der Waals surface area contributed by atoms with Gasteiger partial charge in [0.1, 0.15) is 0 Å². The summed E-state index contributed by atoms with van der Waals surface area (Å²) in [5.74, 6) is 0.482. The molecule has 0 saturated heterocycles. The van der Waals surface area contributed by atoms with Gasteiger partial charge in [0.15, 0.2) is 5.65 Å². The van der Waals surface area contributed by atoms with E-state index < -0.39 is 0 Å². The van der Waals surface area contributed by atoms with Crippen molar-refractivity contribution in [1.82, 2.24) is 14.4 Å². The molecule has 62 valence electrons. The van der Waals surface area contributed by atoms with Gasteiger partial charge in [-0.3, -0.25) is 4.98 Å². The average Bonchev–Trinajstić information content (AvgIpc) is 2.49. The summed E-state index contributed by atoms with van der Waals surface area (Å²) >= 11 is 0. The van der Waals surface area contributed by atoms with Gasteiger partial charge in [-0.15, -0.1) is 0 Å². The Labute approximate surface area is 71.1 Å². The molecule has 0 aliphatic heterocycles. The van der Waals surface area contributed by atoms with Crippen LogP contribution in [-0.4, -0.2) is 14.4 Å². The van der Waals surface area contributed by atoms with Crippen molar-refractivity contribution < 1.29 is 0 Å². The topological polar surface area (TPSA) is 30.2 Å². The molecule has 0 aliphatic rings. The lowest BCUT2D eigenvalue weighted by Gasteiger charge is -2.06. The third-order valence-electron chi connectivity index (χ3n) is 1.94. The molecule has 2 heterocycles. The number of rotatable bonds is 1. The highest BCUT2D eigenvalue weighted by Crippen LogP contribution is 2.13. The molecular formula is C9H11N3. The van der Waals surface area contributed by atoms with Crippen molar-refractivity contribution in [2.75, 3.05) is 0 Å². The Kier molecular flexibility index (Phi) is 1.57. The van der Waals surface area contributed by atoms with Gasteiger partial charge in [0.25, 0.3) is 0 Å². The van der Waals surface area contributed by atoms with Crippen molar-refractivity contribution in [3.8, 4) is 0 Å². The van der Waals surface area contributed by atoms with Crippen LogP contribution in [0.2, 0.25) is 0 Å². The van der Waals surface area contributed by atoms with Gasteiger partial charge in [-0.2, -0.15) is 0 Å². The third-order valence-corrected chi connectivity index (χ3v) is 1.94. The Morgan fingerprint density at radius 3 is 2.92 bits per heavy atom. The molecular weight excluding hydrogens is 150 g/mol. The number of hydrogen-bond donors (Lipinski definition) is 0. The van der Waals surface area contributed by atoms with Crippen molar-refractivity contribution in [3.63, 3.8) is 0 Å².